The molecule has 0 unspecified atom stereocenters. The Morgan fingerprint density at radius 3 is 1.00 bits per heavy atom. The van der Waals surface area contributed by atoms with Gasteiger partial charge in [0.1, 0.15) is 33.0 Å². The van der Waals surface area contributed by atoms with Gasteiger partial charge in [0.05, 0.1) is 30.7 Å². The topological polar surface area (TPSA) is 198 Å². The van der Waals surface area contributed by atoms with Crippen molar-refractivity contribution in [1.29, 1.82) is 0 Å². The highest BCUT2D eigenvalue weighted by molar-refractivity contribution is 5.82. The van der Waals surface area contributed by atoms with Gasteiger partial charge in [-0.2, -0.15) is 0 Å². The predicted molar refractivity (Wildman–Crippen MR) is 146 cm³/mol. The molecule has 0 aliphatic heterocycles. The fraction of sp³-hybridized carbons (Fsp3) is 0.429. The van der Waals surface area contributed by atoms with Gasteiger partial charge in [-0.3, -0.25) is 4.79 Å². The number of carboxylic acid groups (broad SMARTS) is 1. The zero-order valence-electron chi connectivity index (χ0n) is 23.6. The molecule has 0 rings (SSSR count). The van der Waals surface area contributed by atoms with Crippen LogP contribution in [-0.4, -0.2) is 98.9 Å². The first kappa shape index (κ1) is 39.6. The summed E-state index contributed by atoms with van der Waals surface area (Å²) >= 11 is 0. The van der Waals surface area contributed by atoms with Gasteiger partial charge in [0, 0.05) is 36.8 Å². The number of aliphatic hydroxyl groups excluding tert-OH is 1. The molecule has 14 nitrogen and oxygen atoms in total. The van der Waals surface area contributed by atoms with E-state index in [9.17, 15) is 33.9 Å². The van der Waals surface area contributed by atoms with E-state index >= 15 is 0 Å². The second-order valence-corrected chi connectivity index (χ2v) is 8.46. The van der Waals surface area contributed by atoms with Crippen LogP contribution in [-0.2, 0) is 57.2 Å². The second kappa shape index (κ2) is 22.2. The molecule has 0 amide bonds. The molecule has 0 aromatic rings. The first-order valence-corrected chi connectivity index (χ1v) is 12.2. The van der Waals surface area contributed by atoms with Gasteiger partial charge in [0.15, 0.2) is 0 Å². The van der Waals surface area contributed by atoms with Gasteiger partial charge < -0.3 is 38.6 Å². The number of carbonyl (C=O) groups excluding carboxylic acids is 5. The van der Waals surface area contributed by atoms with Crippen LogP contribution in [0.15, 0.2) is 63.3 Å². The number of hydrogen-bond donors (Lipinski definition) is 2. The standard InChI is InChI=1S/C25H32O12.C3H6O2/c1-6-19(27)33-14-24(11-26,15-34-20(28)7-2)12-32-13-25(16-35-21(29)8-3,17-36-22(30)9-4)18-37-23(31)10-5;1-2-3(4)5/h6-10,26H,1-5,11-18H2;2H2,1H3,(H,4,5). The van der Waals surface area contributed by atoms with Gasteiger partial charge in [-0.15, -0.1) is 0 Å². The van der Waals surface area contributed by atoms with E-state index in [-0.39, 0.29) is 19.6 Å². The minimum atomic E-state index is -1.44. The van der Waals surface area contributed by atoms with Crippen molar-refractivity contribution in [3.05, 3.63) is 63.3 Å². The zero-order chi connectivity index (χ0) is 32.6. The van der Waals surface area contributed by atoms with Crippen molar-refractivity contribution in [2.45, 2.75) is 13.3 Å². The molecule has 0 aromatic heterocycles. The minimum absolute atomic E-state index is 0.222. The molecule has 14 heteroatoms. The van der Waals surface area contributed by atoms with Crippen molar-refractivity contribution >= 4 is 35.8 Å². The van der Waals surface area contributed by atoms with Crippen molar-refractivity contribution in [3.63, 3.8) is 0 Å². The van der Waals surface area contributed by atoms with E-state index in [0.717, 1.165) is 30.4 Å². The van der Waals surface area contributed by atoms with Crippen LogP contribution >= 0.6 is 0 Å². The molecular formula is C28H38O14. The molecule has 2 N–H and O–H groups in total. The maximum absolute atomic E-state index is 11.7. The fourth-order valence-corrected chi connectivity index (χ4v) is 2.41. The van der Waals surface area contributed by atoms with E-state index in [0.29, 0.717) is 0 Å². The fourth-order valence-electron chi connectivity index (χ4n) is 2.41. The molecular weight excluding hydrogens is 560 g/mol. The van der Waals surface area contributed by atoms with Gasteiger partial charge in [-0.05, 0) is 0 Å². The molecule has 0 aliphatic rings. The van der Waals surface area contributed by atoms with Gasteiger partial charge >= 0.3 is 35.8 Å². The third kappa shape index (κ3) is 17.9. The number of esters is 5. The van der Waals surface area contributed by atoms with Crippen molar-refractivity contribution in [3.8, 4) is 0 Å². The molecule has 0 heterocycles. The van der Waals surface area contributed by atoms with Gasteiger partial charge in [-0.25, -0.2) is 24.0 Å². The molecule has 0 aliphatic carbocycles. The van der Waals surface area contributed by atoms with Crippen molar-refractivity contribution in [2.24, 2.45) is 10.8 Å². The molecule has 234 valence electrons. The summed E-state index contributed by atoms with van der Waals surface area (Å²) in [5.41, 5.74) is -2.87. The highest BCUT2D eigenvalue weighted by Gasteiger charge is 2.39. The predicted octanol–water partition coefficient (Wildman–Crippen LogP) is 1.10. The van der Waals surface area contributed by atoms with E-state index in [4.69, 9.17) is 33.5 Å². The number of carbonyl (C=O) groups is 6. The summed E-state index contributed by atoms with van der Waals surface area (Å²) in [6.07, 6.45) is 4.72. The molecule has 0 radical (unpaired) electrons. The van der Waals surface area contributed by atoms with Crippen LogP contribution in [0.1, 0.15) is 13.3 Å². The Labute approximate surface area is 243 Å². The van der Waals surface area contributed by atoms with E-state index in [2.05, 4.69) is 32.9 Å². The maximum Gasteiger partial charge on any atom is 0.330 e. The van der Waals surface area contributed by atoms with Crippen molar-refractivity contribution < 1.29 is 67.4 Å². The average Bonchev–Trinajstić information content (AvgIpc) is 3.01. The van der Waals surface area contributed by atoms with Crippen LogP contribution < -0.4 is 0 Å². The Balaban J connectivity index is 0. The lowest BCUT2D eigenvalue weighted by molar-refractivity contribution is -0.167. The summed E-state index contributed by atoms with van der Waals surface area (Å²) in [4.78, 5) is 67.6. The zero-order valence-corrected chi connectivity index (χ0v) is 23.6. The molecule has 0 spiro atoms. The van der Waals surface area contributed by atoms with Crippen molar-refractivity contribution in [1.82, 2.24) is 0 Å². The smallest absolute Gasteiger partial charge is 0.330 e. The van der Waals surface area contributed by atoms with Crippen LogP contribution in [0.2, 0.25) is 0 Å². The first-order valence-electron chi connectivity index (χ1n) is 12.2. The van der Waals surface area contributed by atoms with Crippen LogP contribution in [0.5, 0.6) is 0 Å². The number of carboxylic acids is 1. The average molecular weight is 599 g/mol. The number of rotatable bonds is 21. The van der Waals surface area contributed by atoms with Gasteiger partial charge in [0.25, 0.3) is 0 Å². The highest BCUT2D eigenvalue weighted by atomic mass is 16.6. The van der Waals surface area contributed by atoms with E-state index in [1.807, 2.05) is 0 Å². The molecule has 0 saturated carbocycles. The third-order valence-electron chi connectivity index (χ3n) is 4.89. The SMILES string of the molecule is C=CC(=O)OCC(CO)(COCC(COC(=O)C=C)(COC(=O)C=C)COC(=O)C=C)COC(=O)C=C.CCC(=O)O. The molecule has 0 bridgehead atoms. The number of ether oxygens (including phenoxy) is 6. The highest BCUT2D eigenvalue weighted by Crippen LogP contribution is 2.25. The first-order chi connectivity index (χ1) is 19.8. The summed E-state index contributed by atoms with van der Waals surface area (Å²) in [6, 6.07) is 0. The third-order valence-corrected chi connectivity index (χ3v) is 4.89. The van der Waals surface area contributed by atoms with Crippen LogP contribution in [0.25, 0.3) is 0 Å². The second-order valence-electron chi connectivity index (χ2n) is 8.46. The minimum Gasteiger partial charge on any atom is -0.481 e. The monoisotopic (exact) mass is 598 g/mol. The normalized spacial score (nSPS) is 10.3. The van der Waals surface area contributed by atoms with E-state index < -0.39 is 86.3 Å². The molecule has 0 atom stereocenters. The largest absolute Gasteiger partial charge is 0.481 e. The lowest BCUT2D eigenvalue weighted by atomic mass is 9.90. The van der Waals surface area contributed by atoms with E-state index in [1.54, 1.807) is 6.92 Å². The molecule has 0 saturated heterocycles. The van der Waals surface area contributed by atoms with E-state index in [1.165, 1.54) is 0 Å². The number of hydrogen-bond acceptors (Lipinski definition) is 13. The lowest BCUT2D eigenvalue weighted by Crippen LogP contribution is -2.46. The summed E-state index contributed by atoms with van der Waals surface area (Å²) in [6.45, 7) is 14.4. The van der Waals surface area contributed by atoms with Crippen LogP contribution in [0, 0.1) is 10.8 Å². The Morgan fingerprint density at radius 1 is 0.548 bits per heavy atom. The summed E-state index contributed by atoms with van der Waals surface area (Å²) in [5, 5.41) is 17.8. The Hall–Kier alpha value is -4.56. The number of aliphatic carboxylic acids is 1. The summed E-state index contributed by atoms with van der Waals surface area (Å²) in [7, 11) is 0. The van der Waals surface area contributed by atoms with Gasteiger partial charge in [0.2, 0.25) is 0 Å². The van der Waals surface area contributed by atoms with Gasteiger partial charge in [-0.1, -0.05) is 39.8 Å². The quantitative estimate of drug-likeness (QED) is 0.108. The maximum atomic E-state index is 11.7. The van der Waals surface area contributed by atoms with Crippen LogP contribution in [0.3, 0.4) is 0 Å². The summed E-state index contributed by atoms with van der Waals surface area (Å²) < 4.78 is 31.1. The molecule has 42 heavy (non-hydrogen) atoms. The lowest BCUT2D eigenvalue weighted by Gasteiger charge is -2.34. The molecule has 0 fully saturated rings. The van der Waals surface area contributed by atoms with Crippen molar-refractivity contribution in [2.75, 3.05) is 52.9 Å². The Bertz CT molecular complexity index is 897. The summed E-state index contributed by atoms with van der Waals surface area (Å²) in [5.74, 6) is -4.78. The Morgan fingerprint density at radius 2 is 0.786 bits per heavy atom. The molecule has 0 aromatic carbocycles. The Kier molecular flexibility index (Phi) is 20.9. The van der Waals surface area contributed by atoms with Crippen LogP contribution in [0.4, 0.5) is 0 Å². The number of aliphatic hydroxyl groups is 1.